The molecule has 1 saturated heterocycles. The highest BCUT2D eigenvalue weighted by Gasteiger charge is 2.15. The average molecular weight is 519 g/mol. The lowest BCUT2D eigenvalue weighted by Crippen LogP contribution is -2.29. The molecule has 0 saturated carbocycles. The van der Waals surface area contributed by atoms with Crippen molar-refractivity contribution in [2.75, 3.05) is 30.4 Å². The number of allylic oxidation sites excluding steroid dienone is 1. The molecule has 6 heteroatoms. The largest absolute Gasteiger partial charge is 0.497 e. The number of hydrogen-bond donors (Lipinski definition) is 1. The SMILES string of the molecule is C=CC(=O)Cc1cc(OC)cc(-c2nc(Nc3cccc(N4CCCCC4)c3)ncc2Cc2ccccc2)c1. The fourth-order valence-electron chi connectivity index (χ4n) is 5.01. The number of nitrogens with one attached hydrogen (secondary N) is 1. The first-order valence-electron chi connectivity index (χ1n) is 13.5. The summed E-state index contributed by atoms with van der Waals surface area (Å²) in [6, 6.07) is 24.6. The van der Waals surface area contributed by atoms with E-state index in [1.54, 1.807) is 7.11 Å². The molecule has 1 N–H and O–H groups in total. The van der Waals surface area contributed by atoms with Crippen LogP contribution < -0.4 is 15.0 Å². The van der Waals surface area contributed by atoms with Crippen LogP contribution in [-0.4, -0.2) is 36.0 Å². The maximum atomic E-state index is 12.1. The Hall–Kier alpha value is -4.45. The maximum Gasteiger partial charge on any atom is 0.227 e. The van der Waals surface area contributed by atoms with E-state index >= 15 is 0 Å². The molecule has 1 aromatic heterocycles. The van der Waals surface area contributed by atoms with Gasteiger partial charge in [0.15, 0.2) is 5.78 Å². The Morgan fingerprint density at radius 3 is 2.59 bits per heavy atom. The molecule has 4 aromatic rings. The van der Waals surface area contributed by atoms with Crippen molar-refractivity contribution in [2.24, 2.45) is 0 Å². The van der Waals surface area contributed by atoms with Crippen LogP contribution >= 0.6 is 0 Å². The summed E-state index contributed by atoms with van der Waals surface area (Å²) in [7, 11) is 1.63. The van der Waals surface area contributed by atoms with E-state index in [1.807, 2.05) is 48.7 Å². The number of rotatable bonds is 10. The molecule has 198 valence electrons. The molecule has 5 rings (SSSR count). The molecule has 1 aliphatic rings. The zero-order chi connectivity index (χ0) is 27.0. The third kappa shape index (κ3) is 6.71. The number of carbonyl (C=O) groups excluding carboxylic acids is 1. The minimum atomic E-state index is -0.0441. The first kappa shape index (κ1) is 26.2. The van der Waals surface area contributed by atoms with E-state index in [0.717, 1.165) is 41.2 Å². The molecule has 0 spiro atoms. The van der Waals surface area contributed by atoms with Gasteiger partial charge in [0.05, 0.1) is 12.8 Å². The second-order valence-electron chi connectivity index (χ2n) is 9.87. The molecular formula is C33H34N4O2. The van der Waals surface area contributed by atoms with Crippen LogP contribution in [-0.2, 0) is 17.6 Å². The number of piperidine rings is 1. The zero-order valence-corrected chi connectivity index (χ0v) is 22.4. The van der Waals surface area contributed by atoms with Gasteiger partial charge in [-0.1, -0.05) is 43.0 Å². The molecule has 39 heavy (non-hydrogen) atoms. The van der Waals surface area contributed by atoms with E-state index in [2.05, 4.69) is 47.1 Å². The van der Waals surface area contributed by atoms with Crippen molar-refractivity contribution in [1.82, 2.24) is 9.97 Å². The van der Waals surface area contributed by atoms with E-state index in [1.165, 1.54) is 36.6 Å². The number of nitrogens with zero attached hydrogens (tertiary/aromatic N) is 3. The Morgan fingerprint density at radius 2 is 1.82 bits per heavy atom. The minimum Gasteiger partial charge on any atom is -0.497 e. The second kappa shape index (κ2) is 12.4. The summed E-state index contributed by atoms with van der Waals surface area (Å²) < 4.78 is 5.59. The standard InChI is InChI=1S/C33H34N4O2/c1-3-30(38)19-25-18-26(21-31(20-25)39-2)32-27(17-24-11-6-4-7-12-24)23-34-33(36-32)35-28-13-10-14-29(22-28)37-15-8-5-9-16-37/h3-4,6-7,10-14,18,20-23H,1,5,8-9,15-17,19H2,2H3,(H,34,35,36). The van der Waals surface area contributed by atoms with Gasteiger partial charge in [0.2, 0.25) is 5.95 Å². The van der Waals surface area contributed by atoms with Crippen LogP contribution in [0.4, 0.5) is 17.3 Å². The van der Waals surface area contributed by atoms with Gasteiger partial charge in [-0.05, 0) is 72.9 Å². The lowest BCUT2D eigenvalue weighted by atomic mass is 9.98. The normalized spacial score (nSPS) is 13.1. The number of ether oxygens (including phenoxy) is 1. The summed E-state index contributed by atoms with van der Waals surface area (Å²) in [4.78, 5) is 24.3. The van der Waals surface area contributed by atoms with Gasteiger partial charge in [-0.3, -0.25) is 4.79 Å². The van der Waals surface area contributed by atoms with E-state index < -0.39 is 0 Å². The summed E-state index contributed by atoms with van der Waals surface area (Å²) >= 11 is 0. The minimum absolute atomic E-state index is 0.0441. The van der Waals surface area contributed by atoms with E-state index in [4.69, 9.17) is 14.7 Å². The molecule has 0 unspecified atom stereocenters. The van der Waals surface area contributed by atoms with E-state index in [0.29, 0.717) is 18.1 Å². The smallest absolute Gasteiger partial charge is 0.227 e. The van der Waals surface area contributed by atoms with E-state index in [9.17, 15) is 4.79 Å². The number of anilines is 3. The number of aromatic nitrogens is 2. The predicted octanol–water partition coefficient (Wildman–Crippen LogP) is 6.77. The Balaban J connectivity index is 1.51. The van der Waals surface area contributed by atoms with Crippen LogP contribution in [0.2, 0.25) is 0 Å². The molecule has 6 nitrogen and oxygen atoms in total. The Bertz CT molecular complexity index is 1450. The maximum absolute atomic E-state index is 12.1. The van der Waals surface area contributed by atoms with Crippen LogP contribution in [0, 0.1) is 0 Å². The quantitative estimate of drug-likeness (QED) is 0.234. The van der Waals surface area contributed by atoms with Gasteiger partial charge in [-0.15, -0.1) is 0 Å². The van der Waals surface area contributed by atoms with Gasteiger partial charge in [0, 0.05) is 54.6 Å². The summed E-state index contributed by atoms with van der Waals surface area (Å²) in [5.74, 6) is 1.15. The molecule has 0 aliphatic carbocycles. The summed E-state index contributed by atoms with van der Waals surface area (Å²) in [5, 5.41) is 3.42. The highest BCUT2D eigenvalue weighted by molar-refractivity contribution is 5.91. The van der Waals surface area contributed by atoms with Crippen LogP contribution in [0.3, 0.4) is 0 Å². The number of hydrogen-bond acceptors (Lipinski definition) is 6. The Kier molecular flexibility index (Phi) is 8.32. The molecular weight excluding hydrogens is 484 g/mol. The number of benzene rings is 3. The van der Waals surface area contributed by atoms with Crippen molar-refractivity contribution in [3.63, 3.8) is 0 Å². The van der Waals surface area contributed by atoms with Gasteiger partial charge < -0.3 is 15.0 Å². The van der Waals surface area contributed by atoms with Crippen LogP contribution in [0.25, 0.3) is 11.3 Å². The molecule has 3 aromatic carbocycles. The Labute approximate surface area is 230 Å². The third-order valence-electron chi connectivity index (χ3n) is 7.01. The lowest BCUT2D eigenvalue weighted by Gasteiger charge is -2.29. The number of carbonyl (C=O) groups is 1. The molecule has 0 radical (unpaired) electrons. The fourth-order valence-corrected chi connectivity index (χ4v) is 5.01. The van der Waals surface area contributed by atoms with E-state index in [-0.39, 0.29) is 12.2 Å². The summed E-state index contributed by atoms with van der Waals surface area (Å²) in [6.45, 7) is 5.79. The van der Waals surface area contributed by atoms with Gasteiger partial charge >= 0.3 is 0 Å². The van der Waals surface area contributed by atoms with Crippen molar-refractivity contribution < 1.29 is 9.53 Å². The predicted molar refractivity (Wildman–Crippen MR) is 158 cm³/mol. The molecule has 0 amide bonds. The van der Waals surface area contributed by atoms with Crippen molar-refractivity contribution in [1.29, 1.82) is 0 Å². The van der Waals surface area contributed by atoms with Crippen LogP contribution in [0.15, 0.2) is 91.6 Å². The molecule has 0 bridgehead atoms. The van der Waals surface area contributed by atoms with Crippen LogP contribution in [0.1, 0.15) is 36.0 Å². The summed E-state index contributed by atoms with van der Waals surface area (Å²) in [5.41, 5.74) is 6.84. The first-order chi connectivity index (χ1) is 19.1. The van der Waals surface area contributed by atoms with Crippen molar-refractivity contribution in [3.8, 4) is 17.0 Å². The van der Waals surface area contributed by atoms with Gasteiger partial charge in [-0.2, -0.15) is 0 Å². The lowest BCUT2D eigenvalue weighted by molar-refractivity contribution is -0.114. The molecule has 1 aliphatic heterocycles. The molecule has 1 fully saturated rings. The highest BCUT2D eigenvalue weighted by atomic mass is 16.5. The van der Waals surface area contributed by atoms with Gasteiger partial charge in [0.1, 0.15) is 5.75 Å². The molecule has 2 heterocycles. The van der Waals surface area contributed by atoms with Crippen LogP contribution in [0.5, 0.6) is 5.75 Å². The third-order valence-corrected chi connectivity index (χ3v) is 7.01. The fraction of sp³-hybridized carbons (Fsp3) is 0.242. The summed E-state index contributed by atoms with van der Waals surface area (Å²) in [6.07, 6.45) is 7.93. The van der Waals surface area contributed by atoms with Gasteiger partial charge in [-0.25, -0.2) is 9.97 Å². The first-order valence-corrected chi connectivity index (χ1v) is 13.5. The Morgan fingerprint density at radius 1 is 1.00 bits per heavy atom. The number of methoxy groups -OCH3 is 1. The van der Waals surface area contributed by atoms with Crippen molar-refractivity contribution in [2.45, 2.75) is 32.1 Å². The topological polar surface area (TPSA) is 67.3 Å². The highest BCUT2D eigenvalue weighted by Crippen LogP contribution is 2.31. The van der Waals surface area contributed by atoms with Gasteiger partial charge in [0.25, 0.3) is 0 Å². The zero-order valence-electron chi connectivity index (χ0n) is 22.4. The van der Waals surface area contributed by atoms with Crippen molar-refractivity contribution in [3.05, 3.63) is 108 Å². The second-order valence-corrected chi connectivity index (χ2v) is 9.87. The average Bonchev–Trinajstić information content (AvgIpc) is 2.98. The monoisotopic (exact) mass is 518 g/mol. The van der Waals surface area contributed by atoms with Crippen molar-refractivity contribution >= 4 is 23.1 Å². The number of ketones is 1. The molecule has 0 atom stereocenters.